The maximum atomic E-state index is 13.0. The van der Waals surface area contributed by atoms with E-state index in [0.29, 0.717) is 11.1 Å². The van der Waals surface area contributed by atoms with Gasteiger partial charge in [0.2, 0.25) is 17.7 Å². The average Bonchev–Trinajstić information content (AvgIpc) is 3.35. The number of nitrogens with two attached hydrogens (primary N) is 1. The van der Waals surface area contributed by atoms with Gasteiger partial charge in [0, 0.05) is 23.5 Å². The predicted octanol–water partition coefficient (Wildman–Crippen LogP) is -0.526. The van der Waals surface area contributed by atoms with E-state index in [-0.39, 0.29) is 18.6 Å². The molecule has 228 valence electrons. The van der Waals surface area contributed by atoms with Gasteiger partial charge in [0.05, 0.1) is 18.9 Å². The van der Waals surface area contributed by atoms with Crippen molar-refractivity contribution in [3.63, 3.8) is 0 Å². The zero-order valence-corrected chi connectivity index (χ0v) is 22.6. The highest BCUT2D eigenvalue weighted by atomic mass is 16.4. The number of carbonyl (C=O) groups is 6. The highest BCUT2D eigenvalue weighted by Gasteiger charge is 2.33. The number of hydrogen-bond acceptors (Lipinski definition) is 8. The van der Waals surface area contributed by atoms with Crippen LogP contribution in [0, 0.1) is 0 Å². The Hall–Kier alpha value is -5.44. The zero-order chi connectivity index (χ0) is 31.7. The van der Waals surface area contributed by atoms with Gasteiger partial charge < -0.3 is 47.1 Å². The summed E-state index contributed by atoms with van der Waals surface area (Å²) in [5.41, 5.74) is 7.97. The molecule has 3 aromatic rings. The van der Waals surface area contributed by atoms with E-state index in [0.717, 1.165) is 10.9 Å². The maximum absolute atomic E-state index is 13.0. The fourth-order valence-electron chi connectivity index (χ4n) is 4.29. The molecular weight excluding hydrogens is 566 g/mol. The van der Waals surface area contributed by atoms with Crippen LogP contribution >= 0.6 is 0 Å². The molecule has 0 bridgehead atoms. The summed E-state index contributed by atoms with van der Waals surface area (Å²) in [4.78, 5) is 76.5. The zero-order valence-electron chi connectivity index (χ0n) is 22.6. The van der Waals surface area contributed by atoms with Gasteiger partial charge in [-0.1, -0.05) is 30.3 Å². The number of rotatable bonds is 15. The van der Waals surface area contributed by atoms with Crippen molar-refractivity contribution in [2.24, 2.45) is 5.73 Å². The largest absolute Gasteiger partial charge is 0.508 e. The molecule has 3 amide bonds. The first-order valence-corrected chi connectivity index (χ1v) is 13.0. The van der Waals surface area contributed by atoms with Crippen molar-refractivity contribution in [1.82, 2.24) is 20.9 Å². The number of amides is 3. The van der Waals surface area contributed by atoms with Gasteiger partial charge in [-0.25, -0.2) is 4.79 Å². The van der Waals surface area contributed by atoms with Crippen molar-refractivity contribution in [3.8, 4) is 5.75 Å². The standard InChI is InChI=1S/C28H31N5O10/c29-18(10-15-13-30-19-4-2-1-3-17(15)19)25(39)31-20(11-23(35)36)26(40)32-21(12-24(37)38)27(41)33-22(28(42)43)9-14-5-7-16(34)8-6-14/h1-8,13,18,20-22,30,34H,9-12,29H2,(H,31,39)(H,32,40)(H,33,41)(H,35,36)(H,37,38)(H,42,43). The monoisotopic (exact) mass is 597 g/mol. The average molecular weight is 598 g/mol. The number of carboxylic acid groups (broad SMARTS) is 3. The number of carbonyl (C=O) groups excluding carboxylic acids is 3. The van der Waals surface area contributed by atoms with Crippen LogP contribution in [0.25, 0.3) is 10.9 Å². The lowest BCUT2D eigenvalue weighted by atomic mass is 10.0. The molecule has 0 saturated carbocycles. The molecule has 4 atom stereocenters. The topological polar surface area (TPSA) is 261 Å². The number of H-pyrrole nitrogens is 1. The van der Waals surface area contributed by atoms with E-state index < -0.39 is 72.6 Å². The third-order valence-electron chi connectivity index (χ3n) is 6.47. The molecule has 4 unspecified atom stereocenters. The number of aliphatic carboxylic acids is 3. The molecule has 1 aromatic heterocycles. The molecule has 43 heavy (non-hydrogen) atoms. The summed E-state index contributed by atoms with van der Waals surface area (Å²) in [6.07, 6.45) is -0.422. The molecule has 15 heteroatoms. The van der Waals surface area contributed by atoms with Crippen LogP contribution in [0.2, 0.25) is 0 Å². The molecule has 0 fully saturated rings. The van der Waals surface area contributed by atoms with Crippen LogP contribution < -0.4 is 21.7 Å². The normalized spacial score (nSPS) is 13.7. The highest BCUT2D eigenvalue weighted by molar-refractivity contribution is 5.97. The van der Waals surface area contributed by atoms with Crippen molar-refractivity contribution < 1.29 is 49.2 Å². The molecule has 0 saturated heterocycles. The van der Waals surface area contributed by atoms with Crippen molar-refractivity contribution in [2.45, 2.75) is 49.9 Å². The quantitative estimate of drug-likeness (QED) is 0.108. The second-order valence-electron chi connectivity index (χ2n) is 9.76. The summed E-state index contributed by atoms with van der Waals surface area (Å²) < 4.78 is 0. The van der Waals surface area contributed by atoms with Crippen molar-refractivity contribution >= 4 is 46.5 Å². The first-order valence-electron chi connectivity index (χ1n) is 13.0. The van der Waals surface area contributed by atoms with E-state index >= 15 is 0 Å². The van der Waals surface area contributed by atoms with Gasteiger partial charge in [-0.3, -0.25) is 24.0 Å². The van der Waals surface area contributed by atoms with Gasteiger partial charge in [-0.05, 0) is 35.7 Å². The Kier molecular flexibility index (Phi) is 10.8. The van der Waals surface area contributed by atoms with Crippen LogP contribution in [-0.2, 0) is 41.6 Å². The van der Waals surface area contributed by atoms with Gasteiger partial charge in [0.15, 0.2) is 0 Å². The first kappa shape index (κ1) is 32.1. The number of fused-ring (bicyclic) bond motifs is 1. The van der Waals surface area contributed by atoms with Gasteiger partial charge >= 0.3 is 17.9 Å². The Morgan fingerprint density at radius 2 is 1.26 bits per heavy atom. The van der Waals surface area contributed by atoms with Crippen molar-refractivity contribution in [3.05, 3.63) is 65.9 Å². The van der Waals surface area contributed by atoms with Crippen LogP contribution in [0.1, 0.15) is 24.0 Å². The third-order valence-corrected chi connectivity index (χ3v) is 6.47. The highest BCUT2D eigenvalue weighted by Crippen LogP contribution is 2.19. The number of aromatic nitrogens is 1. The number of hydrogen-bond donors (Lipinski definition) is 9. The summed E-state index contributed by atoms with van der Waals surface area (Å²) in [6, 6.07) is 6.45. The first-order chi connectivity index (χ1) is 20.3. The molecule has 2 aromatic carbocycles. The van der Waals surface area contributed by atoms with E-state index in [1.54, 1.807) is 12.3 Å². The minimum atomic E-state index is -1.82. The van der Waals surface area contributed by atoms with E-state index in [1.807, 2.05) is 18.2 Å². The summed E-state index contributed by atoms with van der Waals surface area (Å²) in [5, 5.41) is 44.9. The Labute approximate surface area is 244 Å². The van der Waals surface area contributed by atoms with E-state index in [4.69, 9.17) is 5.73 Å². The number of para-hydroxylation sites is 1. The second kappa shape index (κ2) is 14.5. The smallest absolute Gasteiger partial charge is 0.326 e. The van der Waals surface area contributed by atoms with Gasteiger partial charge in [0.25, 0.3) is 0 Å². The summed E-state index contributed by atoms with van der Waals surface area (Å²) in [5.74, 6) is -7.76. The summed E-state index contributed by atoms with van der Waals surface area (Å²) in [6.45, 7) is 0. The molecule has 0 aliphatic rings. The lowest BCUT2D eigenvalue weighted by Crippen LogP contribution is -2.58. The Bertz CT molecular complexity index is 1500. The van der Waals surface area contributed by atoms with Crippen molar-refractivity contribution in [1.29, 1.82) is 0 Å². The van der Waals surface area contributed by atoms with Gasteiger partial charge in [-0.15, -0.1) is 0 Å². The Morgan fingerprint density at radius 1 is 0.721 bits per heavy atom. The third kappa shape index (κ3) is 9.29. The van der Waals surface area contributed by atoms with Crippen LogP contribution in [0.15, 0.2) is 54.7 Å². The molecule has 0 spiro atoms. The number of phenolic OH excluding ortho intramolecular Hbond substituents is 1. The molecule has 0 aliphatic carbocycles. The van der Waals surface area contributed by atoms with E-state index in [9.17, 15) is 49.2 Å². The minimum absolute atomic E-state index is 0.0406. The molecule has 1 heterocycles. The SMILES string of the molecule is NC(Cc1c[nH]c2ccccc12)C(=O)NC(CC(=O)O)C(=O)NC(CC(=O)O)C(=O)NC(Cc1ccc(O)cc1)C(=O)O. The molecule has 15 nitrogen and oxygen atoms in total. The molecule has 3 rings (SSSR count). The number of aromatic hydroxyl groups is 1. The van der Waals surface area contributed by atoms with Crippen LogP contribution in [0.4, 0.5) is 0 Å². The molecular formula is C28H31N5O10. The summed E-state index contributed by atoms with van der Waals surface area (Å²) >= 11 is 0. The maximum Gasteiger partial charge on any atom is 0.326 e. The fourth-order valence-corrected chi connectivity index (χ4v) is 4.29. The van der Waals surface area contributed by atoms with Crippen LogP contribution in [0.5, 0.6) is 5.75 Å². The van der Waals surface area contributed by atoms with Crippen molar-refractivity contribution in [2.75, 3.05) is 0 Å². The second-order valence-corrected chi connectivity index (χ2v) is 9.76. The fraction of sp³-hybridized carbons (Fsp3) is 0.286. The molecule has 10 N–H and O–H groups in total. The predicted molar refractivity (Wildman–Crippen MR) is 150 cm³/mol. The van der Waals surface area contributed by atoms with Gasteiger partial charge in [0.1, 0.15) is 23.9 Å². The van der Waals surface area contributed by atoms with Crippen LogP contribution in [-0.4, -0.2) is 85.2 Å². The number of aromatic amines is 1. The molecule has 0 radical (unpaired) electrons. The number of nitrogens with one attached hydrogen (secondary N) is 4. The summed E-state index contributed by atoms with van der Waals surface area (Å²) in [7, 11) is 0. The van der Waals surface area contributed by atoms with Crippen LogP contribution in [0.3, 0.4) is 0 Å². The minimum Gasteiger partial charge on any atom is -0.508 e. The molecule has 0 aliphatic heterocycles. The lowest BCUT2D eigenvalue weighted by molar-refractivity contribution is -0.145. The number of benzene rings is 2. The Morgan fingerprint density at radius 3 is 1.81 bits per heavy atom. The number of carboxylic acids is 3. The van der Waals surface area contributed by atoms with E-state index in [1.165, 1.54) is 24.3 Å². The van der Waals surface area contributed by atoms with Gasteiger partial charge in [-0.2, -0.15) is 0 Å². The lowest BCUT2D eigenvalue weighted by Gasteiger charge is -2.24. The number of phenols is 1. The Balaban J connectivity index is 1.70. The van der Waals surface area contributed by atoms with E-state index in [2.05, 4.69) is 20.9 Å².